The summed E-state index contributed by atoms with van der Waals surface area (Å²) in [6.07, 6.45) is 3.70. The van der Waals surface area contributed by atoms with Gasteiger partial charge in [0.25, 0.3) is 0 Å². The largest absolute Gasteiger partial charge is 0.361 e. The van der Waals surface area contributed by atoms with E-state index in [1.54, 1.807) is 0 Å². The summed E-state index contributed by atoms with van der Waals surface area (Å²) < 4.78 is 6.20. The molecule has 0 bridgehead atoms. The molecule has 0 atom stereocenters. The molecule has 1 aromatic carbocycles. The highest BCUT2D eigenvalue weighted by Crippen LogP contribution is 2.27. The van der Waals surface area contributed by atoms with Crippen LogP contribution in [0.5, 0.6) is 0 Å². The molecule has 0 saturated carbocycles. The van der Waals surface area contributed by atoms with Crippen LogP contribution >= 0.6 is 11.3 Å². The molecule has 1 amide bonds. The molecule has 2 heterocycles. The highest BCUT2D eigenvalue weighted by molar-refractivity contribution is 7.22. The Kier molecular flexibility index (Phi) is 4.94. The van der Waals surface area contributed by atoms with Crippen molar-refractivity contribution in [3.63, 3.8) is 0 Å². The minimum atomic E-state index is -0.102. The number of benzene rings is 1. The molecule has 5 nitrogen and oxygen atoms in total. The highest BCUT2D eigenvalue weighted by Gasteiger charge is 2.15. The van der Waals surface area contributed by atoms with E-state index < -0.39 is 0 Å². The number of rotatable bonds is 6. The number of carbonyl (C=O) groups is 1. The number of amides is 1. The van der Waals surface area contributed by atoms with Crippen molar-refractivity contribution in [2.45, 2.75) is 46.5 Å². The van der Waals surface area contributed by atoms with Crippen LogP contribution in [0.15, 0.2) is 22.7 Å². The standard InChI is InChI=1S/C18H21N3O2S/c1-4-5-6-13-7-8-15-16(9-13)24-18(19-15)20-17(22)10-14-11(2)21-23-12(14)3/h7-9H,4-6,10H2,1-3H3,(H,19,20,22). The second-order valence-electron chi connectivity index (χ2n) is 5.95. The lowest BCUT2D eigenvalue weighted by atomic mass is 10.1. The molecular formula is C18H21N3O2S. The number of aromatic nitrogens is 2. The lowest BCUT2D eigenvalue weighted by Gasteiger charge is -2.00. The van der Waals surface area contributed by atoms with Crippen LogP contribution in [0, 0.1) is 13.8 Å². The Morgan fingerprint density at radius 2 is 2.17 bits per heavy atom. The first-order valence-electron chi connectivity index (χ1n) is 8.18. The molecule has 3 aromatic rings. The maximum atomic E-state index is 12.3. The molecule has 0 aliphatic rings. The Balaban J connectivity index is 1.71. The maximum absolute atomic E-state index is 12.3. The van der Waals surface area contributed by atoms with Crippen LogP contribution in [0.25, 0.3) is 10.2 Å². The van der Waals surface area contributed by atoms with E-state index in [1.165, 1.54) is 29.7 Å². The van der Waals surface area contributed by atoms with Crippen molar-refractivity contribution >= 4 is 32.6 Å². The minimum absolute atomic E-state index is 0.102. The molecule has 126 valence electrons. The average Bonchev–Trinajstić information content (AvgIpc) is 3.09. The number of hydrogen-bond donors (Lipinski definition) is 1. The molecule has 6 heteroatoms. The maximum Gasteiger partial charge on any atom is 0.230 e. The number of nitrogens with zero attached hydrogens (tertiary/aromatic N) is 2. The van der Waals surface area contributed by atoms with Gasteiger partial charge in [0.15, 0.2) is 5.13 Å². The van der Waals surface area contributed by atoms with E-state index in [2.05, 4.69) is 34.5 Å². The van der Waals surface area contributed by atoms with Crippen molar-refractivity contribution in [2.24, 2.45) is 0 Å². The van der Waals surface area contributed by atoms with Crippen LogP contribution in [0.2, 0.25) is 0 Å². The summed E-state index contributed by atoms with van der Waals surface area (Å²) in [5.74, 6) is 0.585. The quantitative estimate of drug-likeness (QED) is 0.719. The second-order valence-corrected chi connectivity index (χ2v) is 6.98. The van der Waals surface area contributed by atoms with Gasteiger partial charge in [0, 0.05) is 5.56 Å². The Morgan fingerprint density at radius 3 is 2.88 bits per heavy atom. The molecule has 0 aliphatic heterocycles. The zero-order chi connectivity index (χ0) is 17.1. The summed E-state index contributed by atoms with van der Waals surface area (Å²) >= 11 is 1.51. The van der Waals surface area contributed by atoms with E-state index in [1.807, 2.05) is 19.9 Å². The van der Waals surface area contributed by atoms with E-state index in [-0.39, 0.29) is 12.3 Å². The summed E-state index contributed by atoms with van der Waals surface area (Å²) in [7, 11) is 0. The number of anilines is 1. The predicted molar refractivity (Wildman–Crippen MR) is 96.5 cm³/mol. The Labute approximate surface area is 145 Å². The number of nitrogens with one attached hydrogen (secondary N) is 1. The lowest BCUT2D eigenvalue weighted by molar-refractivity contribution is -0.115. The summed E-state index contributed by atoms with van der Waals surface area (Å²) in [6, 6.07) is 6.32. The van der Waals surface area contributed by atoms with Gasteiger partial charge in [-0.1, -0.05) is 35.9 Å². The van der Waals surface area contributed by atoms with Gasteiger partial charge in [-0.2, -0.15) is 0 Å². The van der Waals surface area contributed by atoms with Crippen LogP contribution < -0.4 is 5.32 Å². The fraction of sp³-hybridized carbons (Fsp3) is 0.389. The second kappa shape index (κ2) is 7.13. The monoisotopic (exact) mass is 343 g/mol. The van der Waals surface area contributed by atoms with Gasteiger partial charge in [0.05, 0.1) is 22.3 Å². The summed E-state index contributed by atoms with van der Waals surface area (Å²) in [5, 5.41) is 7.40. The van der Waals surface area contributed by atoms with Gasteiger partial charge in [0.1, 0.15) is 5.76 Å². The third kappa shape index (κ3) is 3.64. The van der Waals surface area contributed by atoms with Crippen molar-refractivity contribution < 1.29 is 9.32 Å². The normalized spacial score (nSPS) is 11.1. The summed E-state index contributed by atoms with van der Waals surface area (Å²) in [5.41, 5.74) is 3.84. The Hall–Kier alpha value is -2.21. The van der Waals surface area contributed by atoms with Crippen LogP contribution in [0.4, 0.5) is 5.13 Å². The Bertz CT molecular complexity index is 847. The first-order chi connectivity index (χ1) is 11.6. The van der Waals surface area contributed by atoms with E-state index in [4.69, 9.17) is 4.52 Å². The average molecular weight is 343 g/mol. The number of thiazole rings is 1. The first-order valence-corrected chi connectivity index (χ1v) is 8.99. The van der Waals surface area contributed by atoms with Crippen LogP contribution in [0.3, 0.4) is 0 Å². The minimum Gasteiger partial charge on any atom is -0.361 e. The highest BCUT2D eigenvalue weighted by atomic mass is 32.1. The number of aryl methyl sites for hydroxylation is 3. The van der Waals surface area contributed by atoms with Crippen LogP contribution in [-0.2, 0) is 17.6 Å². The number of carbonyl (C=O) groups excluding carboxylic acids is 1. The lowest BCUT2D eigenvalue weighted by Crippen LogP contribution is -2.14. The van der Waals surface area contributed by atoms with Gasteiger partial charge in [-0.25, -0.2) is 4.98 Å². The van der Waals surface area contributed by atoms with Crippen molar-refractivity contribution in [1.82, 2.24) is 10.1 Å². The molecule has 2 aromatic heterocycles. The molecule has 0 radical (unpaired) electrons. The number of fused-ring (bicyclic) bond motifs is 1. The molecule has 0 unspecified atom stereocenters. The van der Waals surface area contributed by atoms with E-state index in [0.717, 1.165) is 27.9 Å². The summed E-state index contributed by atoms with van der Waals surface area (Å²) in [4.78, 5) is 16.8. The van der Waals surface area contributed by atoms with Gasteiger partial charge >= 0.3 is 0 Å². The van der Waals surface area contributed by atoms with E-state index in [0.29, 0.717) is 10.9 Å². The van der Waals surface area contributed by atoms with Gasteiger partial charge in [-0.3, -0.25) is 4.79 Å². The number of unbranched alkanes of at least 4 members (excludes halogenated alkanes) is 1. The summed E-state index contributed by atoms with van der Waals surface area (Å²) in [6.45, 7) is 5.85. The van der Waals surface area contributed by atoms with Crippen molar-refractivity contribution in [1.29, 1.82) is 0 Å². The number of hydrogen-bond acceptors (Lipinski definition) is 5. The fourth-order valence-electron chi connectivity index (χ4n) is 2.64. The fourth-order valence-corrected chi connectivity index (χ4v) is 3.58. The van der Waals surface area contributed by atoms with Crippen molar-refractivity contribution in [3.05, 3.63) is 40.8 Å². The molecular weight excluding hydrogens is 322 g/mol. The third-order valence-electron chi connectivity index (χ3n) is 4.04. The molecule has 1 N–H and O–H groups in total. The molecule has 3 rings (SSSR count). The molecule has 0 aliphatic carbocycles. The van der Waals surface area contributed by atoms with E-state index in [9.17, 15) is 4.79 Å². The molecule has 24 heavy (non-hydrogen) atoms. The molecule has 0 fully saturated rings. The van der Waals surface area contributed by atoms with Crippen LogP contribution in [-0.4, -0.2) is 16.0 Å². The third-order valence-corrected chi connectivity index (χ3v) is 4.97. The van der Waals surface area contributed by atoms with Gasteiger partial charge in [-0.15, -0.1) is 0 Å². The van der Waals surface area contributed by atoms with E-state index >= 15 is 0 Å². The van der Waals surface area contributed by atoms with Gasteiger partial charge < -0.3 is 9.84 Å². The first kappa shape index (κ1) is 16.6. The SMILES string of the molecule is CCCCc1ccc2nc(NC(=O)Cc3c(C)noc3C)sc2c1. The van der Waals surface area contributed by atoms with Crippen molar-refractivity contribution in [2.75, 3.05) is 5.32 Å². The van der Waals surface area contributed by atoms with Crippen LogP contribution in [0.1, 0.15) is 42.3 Å². The molecule has 0 saturated heterocycles. The van der Waals surface area contributed by atoms with Gasteiger partial charge in [-0.05, 0) is 44.4 Å². The topological polar surface area (TPSA) is 68.0 Å². The van der Waals surface area contributed by atoms with Crippen molar-refractivity contribution in [3.8, 4) is 0 Å². The zero-order valence-electron chi connectivity index (χ0n) is 14.2. The smallest absolute Gasteiger partial charge is 0.230 e. The molecule has 0 spiro atoms. The Morgan fingerprint density at radius 1 is 1.33 bits per heavy atom. The predicted octanol–water partition coefficient (Wildman–Crippen LogP) is 4.42. The zero-order valence-corrected chi connectivity index (χ0v) is 15.0. The van der Waals surface area contributed by atoms with Gasteiger partial charge in [0.2, 0.25) is 5.91 Å².